The van der Waals surface area contributed by atoms with E-state index < -0.39 is 11.9 Å². The van der Waals surface area contributed by atoms with E-state index in [2.05, 4.69) is 6.58 Å². The van der Waals surface area contributed by atoms with Crippen LogP contribution in [-0.4, -0.2) is 12.2 Å². The second-order valence-corrected chi connectivity index (χ2v) is 3.57. The van der Waals surface area contributed by atoms with Gasteiger partial charge in [-0.1, -0.05) is 11.6 Å². The van der Waals surface area contributed by atoms with Gasteiger partial charge in [0.15, 0.2) is 11.6 Å². The van der Waals surface area contributed by atoms with Gasteiger partial charge in [-0.25, -0.2) is 4.39 Å². The van der Waals surface area contributed by atoms with Gasteiger partial charge in [0.25, 0.3) is 0 Å². The Balaban J connectivity index is 2.87. The Morgan fingerprint density at radius 2 is 2.27 bits per heavy atom. The zero-order valence-corrected chi connectivity index (χ0v) is 8.96. The van der Waals surface area contributed by atoms with Crippen molar-refractivity contribution in [2.24, 2.45) is 0 Å². The lowest BCUT2D eigenvalue weighted by Crippen LogP contribution is -1.99. The molecule has 82 valence electrons. The van der Waals surface area contributed by atoms with Gasteiger partial charge < -0.3 is 9.84 Å². The van der Waals surface area contributed by atoms with Crippen LogP contribution in [0.3, 0.4) is 0 Å². The Kier molecular flexibility index (Phi) is 3.86. The lowest BCUT2D eigenvalue weighted by Gasteiger charge is -2.11. The van der Waals surface area contributed by atoms with Crippen molar-refractivity contribution in [2.75, 3.05) is 7.11 Å². The van der Waals surface area contributed by atoms with Crippen molar-refractivity contribution >= 4 is 0 Å². The minimum absolute atomic E-state index is 0.182. The second kappa shape index (κ2) is 4.94. The molecule has 0 heterocycles. The molecule has 0 aliphatic rings. The molecule has 3 heteroatoms. The molecule has 1 aromatic carbocycles. The van der Waals surface area contributed by atoms with Crippen LogP contribution in [0.25, 0.3) is 0 Å². The first kappa shape index (κ1) is 11.7. The Labute approximate surface area is 89.0 Å². The summed E-state index contributed by atoms with van der Waals surface area (Å²) in [6.07, 6.45) is -0.269. The number of aliphatic hydroxyl groups is 1. The van der Waals surface area contributed by atoms with E-state index in [1.54, 1.807) is 6.07 Å². The Morgan fingerprint density at radius 1 is 1.60 bits per heavy atom. The highest BCUT2D eigenvalue weighted by atomic mass is 19.1. The molecular weight excluding hydrogens is 195 g/mol. The van der Waals surface area contributed by atoms with E-state index in [-0.39, 0.29) is 5.75 Å². The van der Waals surface area contributed by atoms with Crippen molar-refractivity contribution in [1.82, 2.24) is 0 Å². The van der Waals surface area contributed by atoms with E-state index in [9.17, 15) is 9.50 Å². The van der Waals surface area contributed by atoms with Crippen molar-refractivity contribution in [3.63, 3.8) is 0 Å². The van der Waals surface area contributed by atoms with Gasteiger partial charge in [0.05, 0.1) is 13.2 Å². The maximum atomic E-state index is 13.3. The van der Waals surface area contributed by atoms with Crippen molar-refractivity contribution in [1.29, 1.82) is 0 Å². The zero-order chi connectivity index (χ0) is 11.4. The summed E-state index contributed by atoms with van der Waals surface area (Å²) in [6, 6.07) is 4.44. The summed E-state index contributed by atoms with van der Waals surface area (Å²) < 4.78 is 18.1. The SMILES string of the molecule is C=C(C)CC(O)c1ccc(OC)c(F)c1. The topological polar surface area (TPSA) is 29.5 Å². The molecule has 0 saturated carbocycles. The molecule has 0 amide bonds. The third-order valence-corrected chi connectivity index (χ3v) is 2.10. The molecule has 0 aromatic heterocycles. The van der Waals surface area contributed by atoms with Gasteiger partial charge in [0.1, 0.15) is 0 Å². The van der Waals surface area contributed by atoms with E-state index >= 15 is 0 Å². The summed E-state index contributed by atoms with van der Waals surface area (Å²) in [4.78, 5) is 0. The Morgan fingerprint density at radius 3 is 2.73 bits per heavy atom. The molecule has 1 unspecified atom stereocenters. The lowest BCUT2D eigenvalue weighted by molar-refractivity contribution is 0.178. The second-order valence-electron chi connectivity index (χ2n) is 3.57. The number of aliphatic hydroxyl groups excluding tert-OH is 1. The number of benzene rings is 1. The van der Waals surface area contributed by atoms with E-state index in [0.717, 1.165) is 5.57 Å². The van der Waals surface area contributed by atoms with Crippen LogP contribution in [0.1, 0.15) is 25.0 Å². The number of rotatable bonds is 4. The highest BCUT2D eigenvalue weighted by Crippen LogP contribution is 2.24. The van der Waals surface area contributed by atoms with E-state index in [1.807, 2.05) is 6.92 Å². The number of methoxy groups -OCH3 is 1. The number of ether oxygens (including phenoxy) is 1. The smallest absolute Gasteiger partial charge is 0.165 e. The lowest BCUT2D eigenvalue weighted by atomic mass is 10.0. The molecule has 0 bridgehead atoms. The summed E-state index contributed by atoms with van der Waals surface area (Å²) in [5.41, 5.74) is 1.40. The van der Waals surface area contributed by atoms with Gasteiger partial charge in [0.2, 0.25) is 0 Å². The molecule has 0 saturated heterocycles. The molecule has 1 atom stereocenters. The predicted molar refractivity (Wildman–Crippen MR) is 57.3 cm³/mol. The van der Waals surface area contributed by atoms with Crippen LogP contribution in [0.5, 0.6) is 5.75 Å². The van der Waals surface area contributed by atoms with Gasteiger partial charge in [-0.3, -0.25) is 0 Å². The third kappa shape index (κ3) is 3.06. The number of hydrogen-bond acceptors (Lipinski definition) is 2. The van der Waals surface area contributed by atoms with Crippen LogP contribution in [0.15, 0.2) is 30.4 Å². The van der Waals surface area contributed by atoms with Gasteiger partial charge >= 0.3 is 0 Å². The summed E-state index contributed by atoms with van der Waals surface area (Å²) in [7, 11) is 1.41. The van der Waals surface area contributed by atoms with Crippen LogP contribution in [0.4, 0.5) is 4.39 Å². The van der Waals surface area contributed by atoms with Gasteiger partial charge in [-0.15, -0.1) is 6.58 Å². The number of hydrogen-bond donors (Lipinski definition) is 1. The fraction of sp³-hybridized carbons (Fsp3) is 0.333. The fourth-order valence-corrected chi connectivity index (χ4v) is 1.34. The Bertz CT molecular complexity index is 361. The van der Waals surface area contributed by atoms with E-state index in [4.69, 9.17) is 4.74 Å². The summed E-state index contributed by atoms with van der Waals surface area (Å²) >= 11 is 0. The van der Waals surface area contributed by atoms with Gasteiger partial charge in [-0.05, 0) is 31.0 Å². The van der Waals surface area contributed by atoms with Gasteiger partial charge in [0, 0.05) is 0 Å². The molecule has 0 radical (unpaired) electrons. The fourth-order valence-electron chi connectivity index (χ4n) is 1.34. The monoisotopic (exact) mass is 210 g/mol. The average molecular weight is 210 g/mol. The first-order valence-electron chi connectivity index (χ1n) is 4.70. The van der Waals surface area contributed by atoms with Crippen molar-refractivity contribution < 1.29 is 14.2 Å². The molecule has 0 fully saturated rings. The zero-order valence-electron chi connectivity index (χ0n) is 8.96. The van der Waals surface area contributed by atoms with Crippen LogP contribution >= 0.6 is 0 Å². The molecule has 2 nitrogen and oxygen atoms in total. The molecule has 0 aliphatic carbocycles. The molecule has 1 N–H and O–H groups in total. The minimum atomic E-state index is -0.706. The first-order chi connectivity index (χ1) is 7.04. The normalized spacial score (nSPS) is 12.3. The van der Waals surface area contributed by atoms with Gasteiger partial charge in [-0.2, -0.15) is 0 Å². The van der Waals surface area contributed by atoms with Crippen LogP contribution < -0.4 is 4.74 Å². The number of halogens is 1. The van der Waals surface area contributed by atoms with Crippen molar-refractivity contribution in [3.05, 3.63) is 41.7 Å². The summed E-state index contributed by atoms with van der Waals surface area (Å²) in [6.45, 7) is 5.52. The third-order valence-electron chi connectivity index (χ3n) is 2.10. The highest BCUT2D eigenvalue weighted by Gasteiger charge is 2.10. The van der Waals surface area contributed by atoms with E-state index in [0.29, 0.717) is 12.0 Å². The Hall–Kier alpha value is -1.35. The van der Waals surface area contributed by atoms with Crippen LogP contribution in [0, 0.1) is 5.82 Å². The van der Waals surface area contributed by atoms with Crippen LogP contribution in [0.2, 0.25) is 0 Å². The molecular formula is C12H15FO2. The summed E-state index contributed by atoms with van der Waals surface area (Å²) in [5.74, 6) is -0.281. The molecule has 15 heavy (non-hydrogen) atoms. The van der Waals surface area contributed by atoms with Crippen molar-refractivity contribution in [2.45, 2.75) is 19.4 Å². The minimum Gasteiger partial charge on any atom is -0.494 e. The maximum Gasteiger partial charge on any atom is 0.165 e. The highest BCUT2D eigenvalue weighted by molar-refractivity contribution is 5.30. The standard InChI is InChI=1S/C12H15FO2/c1-8(2)6-11(14)9-4-5-12(15-3)10(13)7-9/h4-5,7,11,14H,1,6H2,2-3H3. The molecule has 0 aliphatic heterocycles. The van der Waals surface area contributed by atoms with E-state index in [1.165, 1.54) is 19.2 Å². The quantitative estimate of drug-likeness (QED) is 0.774. The molecule has 0 spiro atoms. The average Bonchev–Trinajstić information content (AvgIpc) is 2.16. The van der Waals surface area contributed by atoms with Crippen molar-refractivity contribution in [3.8, 4) is 5.75 Å². The molecule has 1 rings (SSSR count). The first-order valence-corrected chi connectivity index (χ1v) is 4.70. The summed E-state index contributed by atoms with van der Waals surface area (Å²) in [5, 5.41) is 9.71. The largest absolute Gasteiger partial charge is 0.494 e. The molecule has 1 aromatic rings. The van der Waals surface area contributed by atoms with Crippen LogP contribution in [-0.2, 0) is 0 Å². The maximum absolute atomic E-state index is 13.3. The predicted octanol–water partition coefficient (Wildman–Crippen LogP) is 2.83.